The van der Waals surface area contributed by atoms with Gasteiger partial charge in [-0.3, -0.25) is 9.59 Å². The van der Waals surface area contributed by atoms with E-state index in [0.29, 0.717) is 17.9 Å². The number of nitrogens with one attached hydrogen (secondary N) is 1. The van der Waals surface area contributed by atoms with Crippen LogP contribution in [0.15, 0.2) is 65.5 Å². The molecule has 1 N–H and O–H groups in total. The number of pyridine rings is 1. The van der Waals surface area contributed by atoms with Crippen molar-refractivity contribution in [2.45, 2.75) is 27.3 Å². The minimum Gasteiger partial charge on any atom is -0.344 e. The van der Waals surface area contributed by atoms with Crippen molar-refractivity contribution < 1.29 is 4.79 Å². The van der Waals surface area contributed by atoms with E-state index in [9.17, 15) is 9.59 Å². The van der Waals surface area contributed by atoms with Gasteiger partial charge in [-0.15, -0.1) is 0 Å². The van der Waals surface area contributed by atoms with Gasteiger partial charge in [-0.1, -0.05) is 48.0 Å². The van der Waals surface area contributed by atoms with Crippen molar-refractivity contribution in [1.29, 1.82) is 0 Å². The van der Waals surface area contributed by atoms with E-state index in [0.717, 1.165) is 11.3 Å². The number of carbonyl (C=O) groups excluding carboxylic acids is 1. The molecule has 1 amide bonds. The second kappa shape index (κ2) is 7.40. The highest BCUT2D eigenvalue weighted by atomic mass is 16.2. The van der Waals surface area contributed by atoms with Gasteiger partial charge in [-0.05, 0) is 38.5 Å². The third kappa shape index (κ3) is 3.75. The second-order valence-corrected chi connectivity index (χ2v) is 6.51. The number of benzene rings is 2. The molecule has 4 nitrogen and oxygen atoms in total. The lowest BCUT2D eigenvalue weighted by Gasteiger charge is -2.18. The van der Waals surface area contributed by atoms with Crippen LogP contribution in [0.25, 0.3) is 0 Å². The fraction of sp³-hybridized carbons (Fsp3) is 0.182. The van der Waals surface area contributed by atoms with E-state index in [4.69, 9.17) is 0 Å². The molecule has 0 bridgehead atoms. The number of hydrogen-bond acceptors (Lipinski definition) is 2. The Balaban J connectivity index is 1.98. The monoisotopic (exact) mass is 346 g/mol. The van der Waals surface area contributed by atoms with E-state index in [1.165, 1.54) is 11.6 Å². The van der Waals surface area contributed by atoms with Crippen LogP contribution < -0.4 is 10.7 Å². The second-order valence-electron chi connectivity index (χ2n) is 6.51. The van der Waals surface area contributed by atoms with Crippen LogP contribution in [-0.2, 0) is 6.54 Å². The van der Waals surface area contributed by atoms with Crippen LogP contribution in [0.4, 0.5) is 5.69 Å². The largest absolute Gasteiger partial charge is 0.344 e. The Hall–Kier alpha value is -3.14. The Bertz CT molecular complexity index is 1000. The quantitative estimate of drug-likeness (QED) is 0.774. The molecule has 26 heavy (non-hydrogen) atoms. The minimum absolute atomic E-state index is 0.187. The van der Waals surface area contributed by atoms with Gasteiger partial charge in [0.05, 0.1) is 0 Å². The first kappa shape index (κ1) is 17.7. The summed E-state index contributed by atoms with van der Waals surface area (Å²) in [6, 6.07) is 18.9. The van der Waals surface area contributed by atoms with Gasteiger partial charge in [0.1, 0.15) is 5.56 Å². The molecule has 2 aromatic carbocycles. The van der Waals surface area contributed by atoms with Crippen LogP contribution in [0.3, 0.4) is 0 Å². The van der Waals surface area contributed by atoms with E-state index in [1.54, 1.807) is 12.1 Å². The molecule has 0 unspecified atom stereocenters. The lowest BCUT2D eigenvalue weighted by molar-refractivity contribution is 0.102. The fourth-order valence-electron chi connectivity index (χ4n) is 3.15. The molecule has 1 aromatic heterocycles. The summed E-state index contributed by atoms with van der Waals surface area (Å²) in [4.78, 5) is 25.2. The van der Waals surface area contributed by atoms with Crippen molar-refractivity contribution in [3.8, 4) is 0 Å². The SMILES string of the molecule is Cc1cccc(Cn2c(C)cc(=O)c(C(=O)Nc3ccccc3)c2C)c1. The molecule has 0 spiro atoms. The number of amides is 1. The first-order valence-electron chi connectivity index (χ1n) is 8.58. The Morgan fingerprint density at radius 2 is 1.69 bits per heavy atom. The van der Waals surface area contributed by atoms with Crippen LogP contribution in [0.2, 0.25) is 0 Å². The molecule has 0 aliphatic carbocycles. The standard InChI is InChI=1S/C22H22N2O2/c1-15-8-7-9-18(12-15)14-24-16(2)13-20(25)21(17(24)3)22(26)23-19-10-5-4-6-11-19/h4-13H,14H2,1-3H3,(H,23,26). The van der Waals surface area contributed by atoms with Crippen LogP contribution in [0, 0.1) is 20.8 Å². The zero-order valence-corrected chi connectivity index (χ0v) is 15.2. The van der Waals surface area contributed by atoms with Gasteiger partial charge < -0.3 is 9.88 Å². The van der Waals surface area contributed by atoms with Gasteiger partial charge in [0.25, 0.3) is 5.91 Å². The maximum atomic E-state index is 12.7. The van der Waals surface area contributed by atoms with Crippen molar-refractivity contribution in [3.63, 3.8) is 0 Å². The molecule has 0 atom stereocenters. The lowest BCUT2D eigenvalue weighted by Crippen LogP contribution is -2.27. The van der Waals surface area contributed by atoms with E-state index in [1.807, 2.05) is 61.7 Å². The van der Waals surface area contributed by atoms with E-state index >= 15 is 0 Å². The van der Waals surface area contributed by atoms with Crippen LogP contribution in [0.5, 0.6) is 0 Å². The molecule has 0 saturated carbocycles. The third-order valence-corrected chi connectivity index (χ3v) is 4.46. The maximum Gasteiger partial charge on any atom is 0.261 e. The highest BCUT2D eigenvalue weighted by molar-refractivity contribution is 6.04. The predicted molar refractivity (Wildman–Crippen MR) is 105 cm³/mol. The molecule has 4 heteroatoms. The van der Waals surface area contributed by atoms with Gasteiger partial charge in [0.2, 0.25) is 0 Å². The summed E-state index contributed by atoms with van der Waals surface area (Å²) in [7, 11) is 0. The molecular weight excluding hydrogens is 324 g/mol. The average molecular weight is 346 g/mol. The smallest absolute Gasteiger partial charge is 0.261 e. The van der Waals surface area contributed by atoms with Crippen molar-refractivity contribution in [2.24, 2.45) is 0 Å². The Labute approximate surface area is 153 Å². The zero-order valence-electron chi connectivity index (χ0n) is 15.2. The summed E-state index contributed by atoms with van der Waals surface area (Å²) < 4.78 is 2.01. The van der Waals surface area contributed by atoms with Gasteiger partial charge in [-0.2, -0.15) is 0 Å². The number of carbonyl (C=O) groups is 1. The summed E-state index contributed by atoms with van der Waals surface area (Å²) in [5, 5.41) is 2.81. The normalized spacial score (nSPS) is 10.6. The number of para-hydroxylation sites is 1. The summed E-state index contributed by atoms with van der Waals surface area (Å²) in [6.45, 7) is 6.38. The number of nitrogens with zero attached hydrogens (tertiary/aromatic N) is 1. The summed E-state index contributed by atoms with van der Waals surface area (Å²) in [6.07, 6.45) is 0. The molecule has 132 valence electrons. The summed E-state index contributed by atoms with van der Waals surface area (Å²) in [5.41, 5.74) is 4.42. The lowest BCUT2D eigenvalue weighted by atomic mass is 10.1. The van der Waals surface area contributed by atoms with E-state index < -0.39 is 0 Å². The van der Waals surface area contributed by atoms with Gasteiger partial charge in [-0.25, -0.2) is 0 Å². The number of aryl methyl sites for hydroxylation is 2. The molecule has 0 radical (unpaired) electrons. The van der Waals surface area contributed by atoms with Gasteiger partial charge in [0.15, 0.2) is 5.43 Å². The number of rotatable bonds is 4. The highest BCUT2D eigenvalue weighted by Gasteiger charge is 2.17. The first-order chi connectivity index (χ1) is 12.5. The Kier molecular flexibility index (Phi) is 5.03. The van der Waals surface area contributed by atoms with Crippen LogP contribution in [-0.4, -0.2) is 10.5 Å². The van der Waals surface area contributed by atoms with Crippen LogP contribution in [0.1, 0.15) is 32.9 Å². The average Bonchev–Trinajstić information content (AvgIpc) is 2.59. The maximum absolute atomic E-state index is 12.7. The predicted octanol–water partition coefficient (Wildman–Crippen LogP) is 4.07. The Morgan fingerprint density at radius 1 is 0.962 bits per heavy atom. The molecule has 0 saturated heterocycles. The van der Waals surface area contributed by atoms with E-state index in [-0.39, 0.29) is 16.9 Å². The number of anilines is 1. The number of aromatic nitrogens is 1. The fourth-order valence-corrected chi connectivity index (χ4v) is 3.15. The Morgan fingerprint density at radius 3 is 2.38 bits per heavy atom. The molecule has 3 aromatic rings. The number of hydrogen-bond donors (Lipinski definition) is 1. The van der Waals surface area contributed by atoms with Gasteiger partial charge >= 0.3 is 0 Å². The van der Waals surface area contributed by atoms with E-state index in [2.05, 4.69) is 11.4 Å². The van der Waals surface area contributed by atoms with Crippen molar-refractivity contribution in [2.75, 3.05) is 5.32 Å². The topological polar surface area (TPSA) is 51.1 Å². The minimum atomic E-state index is -0.378. The molecule has 1 heterocycles. The highest BCUT2D eigenvalue weighted by Crippen LogP contribution is 2.14. The molecule has 0 fully saturated rings. The molecule has 3 rings (SSSR count). The first-order valence-corrected chi connectivity index (χ1v) is 8.58. The van der Waals surface area contributed by atoms with Crippen molar-refractivity contribution in [1.82, 2.24) is 4.57 Å². The van der Waals surface area contributed by atoms with Crippen molar-refractivity contribution in [3.05, 3.63) is 99.0 Å². The van der Waals surface area contributed by atoms with Crippen LogP contribution >= 0.6 is 0 Å². The molecule has 0 aliphatic heterocycles. The van der Waals surface area contributed by atoms with Gasteiger partial charge in [0, 0.05) is 29.7 Å². The molecular formula is C22H22N2O2. The zero-order chi connectivity index (χ0) is 18.7. The molecule has 0 aliphatic rings. The van der Waals surface area contributed by atoms with Crippen molar-refractivity contribution >= 4 is 11.6 Å². The summed E-state index contributed by atoms with van der Waals surface area (Å²) >= 11 is 0. The summed E-state index contributed by atoms with van der Waals surface area (Å²) in [5.74, 6) is -0.378. The third-order valence-electron chi connectivity index (χ3n) is 4.46.